The molecule has 0 spiro atoms. The van der Waals surface area contributed by atoms with Crippen molar-refractivity contribution in [3.8, 4) is 34.6 Å². The summed E-state index contributed by atoms with van der Waals surface area (Å²) >= 11 is 0. The molecule has 4 N–H and O–H groups in total. The summed E-state index contributed by atoms with van der Waals surface area (Å²) in [6.45, 7) is 6.16. The molecule has 0 amide bonds. The van der Waals surface area contributed by atoms with E-state index in [1.54, 1.807) is 62.4 Å². The van der Waals surface area contributed by atoms with Crippen LogP contribution in [0.1, 0.15) is 23.9 Å². The molecule has 283 valence electrons. The Balaban J connectivity index is 0.000000290. The summed E-state index contributed by atoms with van der Waals surface area (Å²) in [5.74, 6) is -2.30. The van der Waals surface area contributed by atoms with E-state index in [1.807, 2.05) is 12.1 Å². The average molecular weight is 824 g/mol. The van der Waals surface area contributed by atoms with Crippen molar-refractivity contribution in [3.63, 3.8) is 0 Å². The average Bonchev–Trinajstić information content (AvgIpc) is 3.57. The molecule has 0 atom stereocenters. The number of hydrogen-bond donors (Lipinski definition) is 2. The number of rotatable bonds is 8. The first kappa shape index (κ1) is 41.8. The van der Waals surface area contributed by atoms with Gasteiger partial charge in [-0.05, 0) is 87.4 Å². The van der Waals surface area contributed by atoms with Crippen LogP contribution in [0.2, 0.25) is 0 Å². The molecular weight excluding hydrogens is 793 g/mol. The SMILES string of the molecule is Cc1cc(N=Nc2c(C)nn(-c3ccccc3)c2[O-])c([O-])cc1S(N)(=O)=O.Cc1cc(N=Nc2c(C)nn(-c3ccccc3)c2[O-])c([O-])cc1S(N)(=O)=O.[Cr+3].[H+]. The van der Waals surface area contributed by atoms with Gasteiger partial charge in [0, 0.05) is 11.8 Å². The Morgan fingerprint density at radius 1 is 0.564 bits per heavy atom. The van der Waals surface area contributed by atoms with Crippen molar-refractivity contribution in [1.82, 2.24) is 19.6 Å². The fourth-order valence-electron chi connectivity index (χ4n) is 5.00. The second-order valence-electron chi connectivity index (χ2n) is 11.6. The van der Waals surface area contributed by atoms with Gasteiger partial charge in [0.2, 0.25) is 20.0 Å². The van der Waals surface area contributed by atoms with Crippen LogP contribution in [0.15, 0.2) is 115 Å². The molecule has 0 aliphatic carbocycles. The Bertz CT molecular complexity index is 2470. The summed E-state index contributed by atoms with van der Waals surface area (Å²) in [7, 11) is -8.03. The Hall–Kier alpha value is -5.95. The van der Waals surface area contributed by atoms with Gasteiger partial charge in [0.05, 0.1) is 43.9 Å². The van der Waals surface area contributed by atoms with E-state index in [9.17, 15) is 37.3 Å². The van der Waals surface area contributed by atoms with Crippen LogP contribution in [0.3, 0.4) is 0 Å². The first-order valence-electron chi connectivity index (χ1n) is 15.5. The maximum atomic E-state index is 12.5. The van der Waals surface area contributed by atoms with Crippen LogP contribution < -0.4 is 30.7 Å². The Kier molecular flexibility index (Phi) is 12.6. The molecule has 55 heavy (non-hydrogen) atoms. The van der Waals surface area contributed by atoms with Crippen LogP contribution in [-0.2, 0) is 37.4 Å². The van der Waals surface area contributed by atoms with Crippen LogP contribution in [0, 0.1) is 27.7 Å². The molecule has 6 aromatic rings. The molecule has 2 aromatic heterocycles. The van der Waals surface area contributed by atoms with Gasteiger partial charge in [-0.1, -0.05) is 47.9 Å². The van der Waals surface area contributed by atoms with Crippen molar-refractivity contribution in [2.45, 2.75) is 37.5 Å². The second-order valence-corrected chi connectivity index (χ2v) is 14.7. The number of hydrogen-bond acceptors (Lipinski definition) is 14. The van der Waals surface area contributed by atoms with Crippen molar-refractivity contribution < 1.29 is 56.0 Å². The first-order chi connectivity index (χ1) is 25.4. The maximum absolute atomic E-state index is 12.5. The Labute approximate surface area is 327 Å². The van der Waals surface area contributed by atoms with Gasteiger partial charge in [-0.15, -0.1) is 10.2 Å². The molecule has 6 rings (SSSR count). The molecule has 0 aliphatic rings. The molecule has 4 aromatic carbocycles. The van der Waals surface area contributed by atoms with Crippen molar-refractivity contribution in [1.29, 1.82) is 0 Å². The number of para-hydroxylation sites is 2. The third-order valence-corrected chi connectivity index (χ3v) is 9.72. The largest absolute Gasteiger partial charge is 3.00 e. The normalized spacial score (nSPS) is 11.7. The minimum absolute atomic E-state index is 0. The number of sulfonamides is 2. The van der Waals surface area contributed by atoms with Gasteiger partial charge >= 0.3 is 18.8 Å². The van der Waals surface area contributed by atoms with Gasteiger partial charge in [-0.25, -0.2) is 36.5 Å². The van der Waals surface area contributed by atoms with Crippen LogP contribution in [0.4, 0.5) is 22.7 Å². The number of azo groups is 2. The van der Waals surface area contributed by atoms with Crippen molar-refractivity contribution in [2.24, 2.45) is 30.7 Å². The summed E-state index contributed by atoms with van der Waals surface area (Å²) in [5, 5.41) is 83.0. The molecule has 18 nitrogen and oxygen atoms in total. The molecule has 1 radical (unpaired) electrons. The maximum Gasteiger partial charge on any atom is 3.00 e. The smallest absolute Gasteiger partial charge is 0.871 e. The fraction of sp³-hybridized carbons (Fsp3) is 0.118. The molecule has 0 aliphatic heterocycles. The van der Waals surface area contributed by atoms with Gasteiger partial charge in [0.15, 0.2) is 0 Å². The molecular formula is C34H31CrN10O8S2. The molecule has 0 bridgehead atoms. The van der Waals surface area contributed by atoms with Gasteiger partial charge in [-0.3, -0.25) is 0 Å². The fourth-order valence-corrected chi connectivity index (χ4v) is 6.56. The number of primary sulfonamides is 2. The van der Waals surface area contributed by atoms with E-state index >= 15 is 0 Å². The van der Waals surface area contributed by atoms with E-state index in [0.717, 1.165) is 12.1 Å². The van der Waals surface area contributed by atoms with Crippen LogP contribution in [0.25, 0.3) is 11.4 Å². The topological polar surface area (TPSA) is 298 Å². The van der Waals surface area contributed by atoms with Crippen LogP contribution >= 0.6 is 0 Å². The van der Waals surface area contributed by atoms with E-state index in [2.05, 4.69) is 30.7 Å². The van der Waals surface area contributed by atoms with Gasteiger partial charge in [0.1, 0.15) is 11.4 Å². The van der Waals surface area contributed by atoms with Crippen molar-refractivity contribution in [3.05, 3.63) is 107 Å². The zero-order valence-electron chi connectivity index (χ0n) is 30.3. The van der Waals surface area contributed by atoms with Crippen LogP contribution in [0.5, 0.6) is 23.3 Å². The number of aryl methyl sites for hydroxylation is 4. The third kappa shape index (κ3) is 9.41. The van der Waals surface area contributed by atoms with Crippen LogP contribution in [-0.4, -0.2) is 36.4 Å². The van der Waals surface area contributed by atoms with Gasteiger partial charge < -0.3 is 20.4 Å². The molecule has 0 saturated carbocycles. The van der Waals surface area contributed by atoms with E-state index in [-0.39, 0.29) is 62.5 Å². The zero-order valence-corrected chi connectivity index (χ0v) is 32.2. The van der Waals surface area contributed by atoms with Gasteiger partial charge in [-0.2, -0.15) is 20.4 Å². The molecule has 0 unspecified atom stereocenters. The van der Waals surface area contributed by atoms with E-state index in [4.69, 9.17) is 10.3 Å². The summed E-state index contributed by atoms with van der Waals surface area (Å²) in [6.07, 6.45) is 0. The van der Waals surface area contributed by atoms with Gasteiger partial charge in [0.25, 0.3) is 0 Å². The summed E-state index contributed by atoms with van der Waals surface area (Å²) in [6, 6.07) is 21.9. The number of nitrogens with two attached hydrogens (primary N) is 2. The minimum Gasteiger partial charge on any atom is -0.871 e. The Morgan fingerprint density at radius 3 is 1.20 bits per heavy atom. The van der Waals surface area contributed by atoms with Crippen molar-refractivity contribution >= 4 is 42.8 Å². The third-order valence-electron chi connectivity index (χ3n) is 7.62. The van der Waals surface area contributed by atoms with E-state index in [0.29, 0.717) is 22.8 Å². The molecule has 0 saturated heterocycles. The van der Waals surface area contributed by atoms with E-state index < -0.39 is 43.3 Å². The predicted molar refractivity (Wildman–Crippen MR) is 189 cm³/mol. The number of nitrogens with zero attached hydrogens (tertiary/aromatic N) is 8. The molecule has 0 fully saturated rings. The summed E-state index contributed by atoms with van der Waals surface area (Å²) in [4.78, 5) is -0.548. The van der Waals surface area contributed by atoms with E-state index in [1.165, 1.54) is 35.3 Å². The Morgan fingerprint density at radius 2 is 0.891 bits per heavy atom. The standard InChI is InChI=1S/2C17H17N5O4S.Cr/c2*1-10-8-13(14(23)9-15(10)27(18,25)26)19-20-16-11(2)21-22(17(16)24)12-6-4-3-5-7-12;/h2*3-9,23-24H,1-2H3,(H2,18,25,26);/q;;+3/p-3. The number of benzene rings is 4. The molecule has 2 heterocycles. The monoisotopic (exact) mass is 823 g/mol. The van der Waals surface area contributed by atoms with Crippen molar-refractivity contribution in [2.75, 3.05) is 0 Å². The number of aromatic nitrogens is 4. The first-order valence-corrected chi connectivity index (χ1v) is 18.6. The molecule has 21 heteroatoms. The second kappa shape index (κ2) is 16.6. The summed E-state index contributed by atoms with van der Waals surface area (Å²) < 4.78 is 48.2. The minimum atomic E-state index is -4.02. The zero-order chi connectivity index (χ0) is 39.5. The summed E-state index contributed by atoms with van der Waals surface area (Å²) in [5.41, 5.74) is 2.12. The predicted octanol–water partition coefficient (Wildman–Crippen LogP) is 3.51. The quantitative estimate of drug-likeness (QED) is 0.211.